The van der Waals surface area contributed by atoms with Gasteiger partial charge in [0.05, 0.1) is 6.10 Å². The van der Waals surface area contributed by atoms with Gasteiger partial charge in [0, 0.05) is 48.7 Å². The number of ether oxygens (including phenoxy) is 1. The van der Waals surface area contributed by atoms with Crippen molar-refractivity contribution >= 4 is 27.7 Å². The summed E-state index contributed by atoms with van der Waals surface area (Å²) in [6, 6.07) is 17.6. The minimum atomic E-state index is -0.0425. The monoisotopic (exact) mass is 484 g/mol. The number of benzene rings is 2. The van der Waals surface area contributed by atoms with E-state index in [4.69, 9.17) is 4.74 Å². The van der Waals surface area contributed by atoms with Crippen molar-refractivity contribution in [2.24, 2.45) is 5.92 Å². The van der Waals surface area contributed by atoms with E-state index >= 15 is 0 Å². The molecule has 31 heavy (non-hydrogen) atoms. The molecule has 1 unspecified atom stereocenters. The third-order valence-electron chi connectivity index (χ3n) is 6.20. The van der Waals surface area contributed by atoms with Crippen LogP contribution in [0.3, 0.4) is 0 Å². The molecule has 2 heterocycles. The van der Waals surface area contributed by atoms with Crippen LogP contribution in [0.25, 0.3) is 0 Å². The molecule has 0 saturated carbocycles. The topological polar surface area (TPSA) is 49.9 Å². The Morgan fingerprint density at radius 1 is 1.00 bits per heavy atom. The Morgan fingerprint density at radius 3 is 2.35 bits per heavy atom. The molecule has 2 aromatic rings. The van der Waals surface area contributed by atoms with Gasteiger partial charge in [-0.1, -0.05) is 46.3 Å². The number of amides is 2. The van der Waals surface area contributed by atoms with E-state index < -0.39 is 0 Å². The summed E-state index contributed by atoms with van der Waals surface area (Å²) in [5, 5.41) is 0. The van der Waals surface area contributed by atoms with Crippen LogP contribution < -0.4 is 0 Å². The maximum absolute atomic E-state index is 13.4. The first-order chi connectivity index (χ1) is 15.1. The van der Waals surface area contributed by atoms with Crippen molar-refractivity contribution in [1.29, 1.82) is 0 Å². The zero-order valence-corrected chi connectivity index (χ0v) is 19.3. The van der Waals surface area contributed by atoms with E-state index in [-0.39, 0.29) is 23.8 Å². The van der Waals surface area contributed by atoms with Gasteiger partial charge in [0.1, 0.15) is 0 Å². The molecule has 0 bridgehead atoms. The molecule has 2 amide bonds. The highest BCUT2D eigenvalue weighted by atomic mass is 79.9. The summed E-state index contributed by atoms with van der Waals surface area (Å²) in [5.41, 5.74) is 1.83. The lowest BCUT2D eigenvalue weighted by molar-refractivity contribution is -0.139. The van der Waals surface area contributed by atoms with Crippen LogP contribution in [-0.4, -0.2) is 54.0 Å². The quantitative estimate of drug-likeness (QED) is 0.605. The second-order valence-corrected chi connectivity index (χ2v) is 9.33. The summed E-state index contributed by atoms with van der Waals surface area (Å²) in [5.74, 6) is 0.188. The predicted molar refractivity (Wildman–Crippen MR) is 124 cm³/mol. The summed E-state index contributed by atoms with van der Waals surface area (Å²) in [7, 11) is 0. The summed E-state index contributed by atoms with van der Waals surface area (Å²) in [6.07, 6.45) is 3.62. The minimum Gasteiger partial charge on any atom is -0.376 e. The molecule has 0 N–H and O–H groups in total. The highest BCUT2D eigenvalue weighted by Gasteiger charge is 2.32. The molecular weight excluding hydrogens is 456 g/mol. The summed E-state index contributed by atoms with van der Waals surface area (Å²) >= 11 is 3.41. The van der Waals surface area contributed by atoms with Gasteiger partial charge in [-0.2, -0.15) is 0 Å². The number of carbonyl (C=O) groups excluding carboxylic acids is 2. The van der Waals surface area contributed by atoms with E-state index in [1.165, 1.54) is 0 Å². The molecule has 5 nitrogen and oxygen atoms in total. The predicted octanol–water partition coefficient (Wildman–Crippen LogP) is 4.51. The molecule has 2 saturated heterocycles. The highest BCUT2D eigenvalue weighted by Crippen LogP contribution is 2.24. The second kappa shape index (κ2) is 10.4. The number of halogens is 1. The molecule has 4 rings (SSSR count). The van der Waals surface area contributed by atoms with E-state index in [9.17, 15) is 9.59 Å². The first-order valence-corrected chi connectivity index (χ1v) is 11.9. The molecule has 0 spiro atoms. The Balaban J connectivity index is 1.38. The summed E-state index contributed by atoms with van der Waals surface area (Å²) < 4.78 is 6.77. The van der Waals surface area contributed by atoms with E-state index in [1.807, 2.05) is 52.3 Å². The Kier molecular flexibility index (Phi) is 7.41. The van der Waals surface area contributed by atoms with Gasteiger partial charge in [-0.05, 0) is 55.5 Å². The van der Waals surface area contributed by atoms with Gasteiger partial charge < -0.3 is 14.5 Å². The Morgan fingerprint density at radius 2 is 1.71 bits per heavy atom. The zero-order valence-electron chi connectivity index (χ0n) is 17.7. The van der Waals surface area contributed by atoms with Crippen LogP contribution in [-0.2, 0) is 16.1 Å². The molecule has 2 fully saturated rings. The Hall–Kier alpha value is -2.18. The summed E-state index contributed by atoms with van der Waals surface area (Å²) in [4.78, 5) is 30.1. The van der Waals surface area contributed by atoms with Crippen LogP contribution >= 0.6 is 15.9 Å². The van der Waals surface area contributed by atoms with Crippen LogP contribution in [0.1, 0.15) is 41.6 Å². The molecule has 2 aliphatic heterocycles. The van der Waals surface area contributed by atoms with Crippen LogP contribution in [0, 0.1) is 5.92 Å². The number of rotatable bonds is 6. The van der Waals surface area contributed by atoms with Gasteiger partial charge >= 0.3 is 0 Å². The van der Waals surface area contributed by atoms with Gasteiger partial charge in [-0.15, -0.1) is 0 Å². The number of hydrogen-bond donors (Lipinski definition) is 0. The third kappa shape index (κ3) is 5.74. The largest absolute Gasteiger partial charge is 0.376 e. The van der Waals surface area contributed by atoms with Gasteiger partial charge in [0.25, 0.3) is 5.91 Å². The fraction of sp³-hybridized carbons (Fsp3) is 0.440. The van der Waals surface area contributed by atoms with Crippen molar-refractivity contribution in [2.45, 2.75) is 38.3 Å². The second-order valence-electron chi connectivity index (χ2n) is 8.41. The molecule has 164 valence electrons. The molecule has 1 atom stereocenters. The third-order valence-corrected chi connectivity index (χ3v) is 6.73. The number of hydrogen-bond acceptors (Lipinski definition) is 3. The van der Waals surface area contributed by atoms with Crippen molar-refractivity contribution in [1.82, 2.24) is 9.80 Å². The van der Waals surface area contributed by atoms with Gasteiger partial charge in [0.15, 0.2) is 0 Å². The molecule has 0 aromatic heterocycles. The van der Waals surface area contributed by atoms with Crippen molar-refractivity contribution in [3.8, 4) is 0 Å². The summed E-state index contributed by atoms with van der Waals surface area (Å²) in [6.45, 7) is 3.27. The number of likely N-dealkylation sites (tertiary alicyclic amines) is 1. The first kappa shape index (κ1) is 22.0. The number of piperidine rings is 1. The van der Waals surface area contributed by atoms with Crippen molar-refractivity contribution < 1.29 is 14.3 Å². The van der Waals surface area contributed by atoms with E-state index in [1.54, 1.807) is 0 Å². The maximum atomic E-state index is 13.4. The van der Waals surface area contributed by atoms with Crippen LogP contribution in [0.5, 0.6) is 0 Å². The number of nitrogens with zero attached hydrogens (tertiary/aromatic N) is 2. The minimum absolute atomic E-state index is 0.0406. The standard InChI is InChI=1S/C25H29BrN2O3/c26-22-10-8-20(9-11-22)24(29)27-14-12-21(13-15-27)25(30)28(18-23-7-4-16-31-23)17-19-5-2-1-3-6-19/h1-3,5-6,8-11,21,23H,4,7,12-18H2. The van der Waals surface area contributed by atoms with Crippen molar-refractivity contribution in [3.05, 3.63) is 70.2 Å². The zero-order chi connectivity index (χ0) is 21.6. The molecule has 0 radical (unpaired) electrons. The van der Waals surface area contributed by atoms with Crippen LogP contribution in [0.15, 0.2) is 59.1 Å². The fourth-order valence-corrected chi connectivity index (χ4v) is 4.70. The Labute approximate surface area is 192 Å². The van der Waals surface area contributed by atoms with Crippen molar-refractivity contribution in [3.63, 3.8) is 0 Å². The first-order valence-electron chi connectivity index (χ1n) is 11.1. The average molecular weight is 485 g/mol. The van der Waals surface area contributed by atoms with Gasteiger partial charge in [-0.3, -0.25) is 9.59 Å². The van der Waals surface area contributed by atoms with Gasteiger partial charge in [-0.25, -0.2) is 0 Å². The molecular formula is C25H29BrN2O3. The lowest BCUT2D eigenvalue weighted by atomic mass is 9.94. The number of carbonyl (C=O) groups is 2. The van der Waals surface area contributed by atoms with Gasteiger partial charge in [0.2, 0.25) is 5.91 Å². The fourth-order valence-electron chi connectivity index (χ4n) is 4.43. The van der Waals surface area contributed by atoms with E-state index in [2.05, 4.69) is 28.1 Å². The SMILES string of the molecule is O=C(c1ccc(Br)cc1)N1CCC(C(=O)N(Cc2ccccc2)CC2CCCO2)CC1. The highest BCUT2D eigenvalue weighted by molar-refractivity contribution is 9.10. The molecule has 2 aliphatic rings. The van der Waals surface area contributed by atoms with Crippen LogP contribution in [0.4, 0.5) is 0 Å². The van der Waals surface area contributed by atoms with E-state index in [0.717, 1.165) is 29.5 Å². The lowest BCUT2D eigenvalue weighted by Gasteiger charge is -2.35. The molecule has 2 aromatic carbocycles. The average Bonchev–Trinajstić information content (AvgIpc) is 3.32. The Bertz CT molecular complexity index is 873. The van der Waals surface area contributed by atoms with E-state index in [0.29, 0.717) is 44.6 Å². The lowest BCUT2D eigenvalue weighted by Crippen LogP contribution is -2.46. The molecule has 0 aliphatic carbocycles. The normalized spacial score (nSPS) is 19.4. The maximum Gasteiger partial charge on any atom is 0.253 e. The molecule has 6 heteroatoms. The smallest absolute Gasteiger partial charge is 0.253 e. The van der Waals surface area contributed by atoms with Crippen LogP contribution in [0.2, 0.25) is 0 Å². The van der Waals surface area contributed by atoms with Crippen molar-refractivity contribution in [2.75, 3.05) is 26.2 Å².